The third-order valence-electron chi connectivity index (χ3n) is 3.16. The van der Waals surface area contributed by atoms with Crippen molar-refractivity contribution >= 4 is 33.5 Å². The van der Waals surface area contributed by atoms with Crippen molar-refractivity contribution in [2.45, 2.75) is 0 Å². The number of para-hydroxylation sites is 2. The lowest BCUT2D eigenvalue weighted by Crippen LogP contribution is -1.80. The number of halogens is 1. The van der Waals surface area contributed by atoms with Gasteiger partial charge in [-0.1, -0.05) is 35.9 Å². The molecule has 2 aromatic carbocycles. The van der Waals surface area contributed by atoms with Gasteiger partial charge in [0.1, 0.15) is 11.2 Å². The topological polar surface area (TPSA) is 57.4 Å². The molecule has 4 nitrogen and oxygen atoms in total. The van der Waals surface area contributed by atoms with E-state index in [1.165, 1.54) is 0 Å². The monoisotopic (exact) mass is 268 g/mol. The van der Waals surface area contributed by atoms with E-state index in [2.05, 4.69) is 20.2 Å². The highest BCUT2D eigenvalue weighted by Gasteiger charge is 2.13. The number of rotatable bonds is 1. The van der Waals surface area contributed by atoms with Crippen LogP contribution in [0.4, 0.5) is 0 Å². The molecule has 0 atom stereocenters. The van der Waals surface area contributed by atoms with Crippen molar-refractivity contribution in [1.82, 2.24) is 20.2 Å². The molecule has 0 unspecified atom stereocenters. The molecule has 2 heterocycles. The fourth-order valence-electron chi connectivity index (χ4n) is 2.25. The average molecular weight is 269 g/mol. The molecule has 0 aliphatic rings. The molecule has 4 aromatic rings. The summed E-state index contributed by atoms with van der Waals surface area (Å²) < 4.78 is 0. The molecule has 0 bridgehead atoms. The molecule has 2 N–H and O–H groups in total. The number of hydrogen-bond acceptors (Lipinski definition) is 2. The molecule has 5 heteroatoms. The second-order valence-corrected chi connectivity index (χ2v) is 4.75. The Balaban J connectivity index is 2.02. The van der Waals surface area contributed by atoms with Crippen molar-refractivity contribution < 1.29 is 0 Å². The zero-order valence-electron chi connectivity index (χ0n) is 9.81. The van der Waals surface area contributed by atoms with Crippen LogP contribution in [-0.2, 0) is 0 Å². The van der Waals surface area contributed by atoms with Crippen LogP contribution in [0.5, 0.6) is 0 Å². The second-order valence-electron chi connectivity index (χ2n) is 4.34. The Morgan fingerprint density at radius 3 is 2.68 bits per heavy atom. The first-order valence-electron chi connectivity index (χ1n) is 5.90. The molecule has 0 amide bonds. The number of aromatic amines is 2. The zero-order valence-corrected chi connectivity index (χ0v) is 10.6. The number of hydrogen-bond donors (Lipinski definition) is 2. The molecular formula is C14H9ClN4. The van der Waals surface area contributed by atoms with Gasteiger partial charge in [0, 0.05) is 5.39 Å². The first-order valence-corrected chi connectivity index (χ1v) is 6.28. The summed E-state index contributed by atoms with van der Waals surface area (Å²) in [5.74, 6) is 0.723. The van der Waals surface area contributed by atoms with E-state index in [9.17, 15) is 0 Å². The van der Waals surface area contributed by atoms with Crippen LogP contribution in [0.1, 0.15) is 0 Å². The van der Waals surface area contributed by atoms with Gasteiger partial charge in [0.05, 0.1) is 16.1 Å². The summed E-state index contributed by atoms with van der Waals surface area (Å²) in [4.78, 5) is 7.79. The fourth-order valence-corrected chi connectivity index (χ4v) is 2.47. The van der Waals surface area contributed by atoms with Crippen molar-refractivity contribution in [2.75, 3.05) is 0 Å². The molecule has 0 fully saturated rings. The summed E-state index contributed by atoms with van der Waals surface area (Å²) in [5, 5.41) is 9.01. The summed E-state index contributed by atoms with van der Waals surface area (Å²) in [6, 6.07) is 13.6. The average Bonchev–Trinajstić information content (AvgIpc) is 3.02. The molecule has 2 aromatic heterocycles. The first kappa shape index (κ1) is 10.6. The Bertz CT molecular complexity index is 891. The van der Waals surface area contributed by atoms with Crippen LogP contribution in [0, 0.1) is 0 Å². The van der Waals surface area contributed by atoms with Gasteiger partial charge in [-0.2, -0.15) is 5.10 Å². The van der Waals surface area contributed by atoms with Gasteiger partial charge in [0.15, 0.2) is 5.82 Å². The van der Waals surface area contributed by atoms with Gasteiger partial charge in [-0.25, -0.2) is 4.98 Å². The predicted octanol–water partition coefficient (Wildman–Crippen LogP) is 3.76. The van der Waals surface area contributed by atoms with E-state index in [0.717, 1.165) is 33.5 Å². The van der Waals surface area contributed by atoms with E-state index in [1.54, 1.807) is 0 Å². The minimum Gasteiger partial charge on any atom is -0.337 e. The standard InChI is InChI=1S/C14H9ClN4/c15-9-5-3-7-11-13(9)17-14(16-11)12-8-4-1-2-6-10(8)18-19-12/h1-7H,(H,16,17)(H,18,19). The van der Waals surface area contributed by atoms with Crippen molar-refractivity contribution in [3.8, 4) is 11.5 Å². The van der Waals surface area contributed by atoms with Gasteiger partial charge in [-0.05, 0) is 18.2 Å². The number of aromatic nitrogens is 4. The summed E-state index contributed by atoms with van der Waals surface area (Å²) in [6.45, 7) is 0. The summed E-state index contributed by atoms with van der Waals surface area (Å²) >= 11 is 6.14. The van der Waals surface area contributed by atoms with Gasteiger partial charge < -0.3 is 4.98 Å². The van der Waals surface area contributed by atoms with Gasteiger partial charge in [-0.15, -0.1) is 0 Å². The lowest BCUT2D eigenvalue weighted by atomic mass is 10.2. The molecule has 19 heavy (non-hydrogen) atoms. The fraction of sp³-hybridized carbons (Fsp3) is 0. The van der Waals surface area contributed by atoms with E-state index in [4.69, 9.17) is 11.6 Å². The van der Waals surface area contributed by atoms with Crippen LogP contribution in [0.15, 0.2) is 42.5 Å². The predicted molar refractivity (Wildman–Crippen MR) is 76.2 cm³/mol. The Morgan fingerprint density at radius 2 is 1.79 bits per heavy atom. The molecular weight excluding hydrogens is 260 g/mol. The highest BCUT2D eigenvalue weighted by molar-refractivity contribution is 6.35. The molecule has 0 spiro atoms. The minimum atomic E-state index is 0.639. The van der Waals surface area contributed by atoms with Crippen LogP contribution in [0.2, 0.25) is 5.02 Å². The normalized spacial score (nSPS) is 11.4. The van der Waals surface area contributed by atoms with Gasteiger partial charge in [-0.3, -0.25) is 5.10 Å². The second kappa shape index (κ2) is 3.83. The maximum atomic E-state index is 6.14. The maximum absolute atomic E-state index is 6.14. The molecule has 92 valence electrons. The van der Waals surface area contributed by atoms with Crippen LogP contribution < -0.4 is 0 Å². The van der Waals surface area contributed by atoms with Gasteiger partial charge in [0.2, 0.25) is 0 Å². The van der Waals surface area contributed by atoms with Crippen molar-refractivity contribution in [3.05, 3.63) is 47.5 Å². The molecule has 4 rings (SSSR count). The van der Waals surface area contributed by atoms with Crippen LogP contribution >= 0.6 is 11.6 Å². The Kier molecular flexibility index (Phi) is 2.13. The molecule has 0 aliphatic carbocycles. The third-order valence-corrected chi connectivity index (χ3v) is 3.46. The van der Waals surface area contributed by atoms with E-state index >= 15 is 0 Å². The Labute approximate surface area is 113 Å². The highest BCUT2D eigenvalue weighted by Crippen LogP contribution is 2.28. The minimum absolute atomic E-state index is 0.639. The highest BCUT2D eigenvalue weighted by atomic mass is 35.5. The summed E-state index contributed by atoms with van der Waals surface area (Å²) in [7, 11) is 0. The first-order chi connectivity index (χ1) is 9.33. The lowest BCUT2D eigenvalue weighted by molar-refractivity contribution is 1.11. The number of imidazole rings is 1. The number of H-pyrrole nitrogens is 2. The molecule has 0 aliphatic heterocycles. The van der Waals surface area contributed by atoms with Crippen LogP contribution in [0.25, 0.3) is 33.5 Å². The van der Waals surface area contributed by atoms with Crippen molar-refractivity contribution in [3.63, 3.8) is 0 Å². The molecule has 0 saturated heterocycles. The van der Waals surface area contributed by atoms with E-state index in [0.29, 0.717) is 5.02 Å². The Morgan fingerprint density at radius 1 is 0.947 bits per heavy atom. The van der Waals surface area contributed by atoms with E-state index in [-0.39, 0.29) is 0 Å². The van der Waals surface area contributed by atoms with Crippen LogP contribution in [0.3, 0.4) is 0 Å². The maximum Gasteiger partial charge on any atom is 0.159 e. The largest absolute Gasteiger partial charge is 0.337 e. The van der Waals surface area contributed by atoms with Crippen LogP contribution in [-0.4, -0.2) is 20.2 Å². The quantitative estimate of drug-likeness (QED) is 0.552. The number of fused-ring (bicyclic) bond motifs is 2. The van der Waals surface area contributed by atoms with Crippen molar-refractivity contribution in [2.24, 2.45) is 0 Å². The molecule has 0 radical (unpaired) electrons. The zero-order chi connectivity index (χ0) is 12.8. The van der Waals surface area contributed by atoms with E-state index in [1.807, 2.05) is 42.5 Å². The SMILES string of the molecule is Clc1cccc2[nH]c(-c3n[nH]c4ccccc34)nc12. The Hall–Kier alpha value is -2.33. The molecule has 0 saturated carbocycles. The van der Waals surface area contributed by atoms with E-state index < -0.39 is 0 Å². The van der Waals surface area contributed by atoms with Crippen molar-refractivity contribution in [1.29, 1.82) is 0 Å². The van der Waals surface area contributed by atoms with Gasteiger partial charge in [0.25, 0.3) is 0 Å². The number of nitrogens with one attached hydrogen (secondary N) is 2. The summed E-state index contributed by atoms with van der Waals surface area (Å²) in [5.41, 5.74) is 3.48. The lowest BCUT2D eigenvalue weighted by Gasteiger charge is -1.90. The smallest absolute Gasteiger partial charge is 0.159 e. The van der Waals surface area contributed by atoms with Gasteiger partial charge >= 0.3 is 0 Å². The third kappa shape index (κ3) is 1.54. The number of benzene rings is 2. The number of nitrogens with zero attached hydrogens (tertiary/aromatic N) is 2. The summed E-state index contributed by atoms with van der Waals surface area (Å²) in [6.07, 6.45) is 0.